The zero-order chi connectivity index (χ0) is 14.2. The van der Waals surface area contributed by atoms with Crippen LogP contribution in [0.4, 0.5) is 5.69 Å². The Morgan fingerprint density at radius 3 is 2.58 bits per heavy atom. The first kappa shape index (κ1) is 13.7. The predicted molar refractivity (Wildman–Crippen MR) is 75.2 cm³/mol. The second kappa shape index (κ2) is 4.78. The molecule has 1 unspecified atom stereocenters. The molecule has 1 N–H and O–H groups in total. The van der Waals surface area contributed by atoms with E-state index in [1.807, 2.05) is 12.1 Å². The van der Waals surface area contributed by atoms with E-state index in [1.54, 1.807) is 6.07 Å². The van der Waals surface area contributed by atoms with Gasteiger partial charge in [0.1, 0.15) is 0 Å². The topological polar surface area (TPSA) is 46.2 Å². The van der Waals surface area contributed by atoms with Crippen LogP contribution >= 0.6 is 0 Å². The highest BCUT2D eigenvalue weighted by Gasteiger charge is 2.36. The molecule has 4 heteroatoms. The van der Waals surface area contributed by atoms with Crippen molar-refractivity contribution in [3.05, 3.63) is 29.3 Å². The molecule has 0 saturated carbocycles. The van der Waals surface area contributed by atoms with Crippen molar-refractivity contribution in [2.75, 3.05) is 26.5 Å². The molecule has 0 aromatic heterocycles. The minimum absolute atomic E-state index is 0.0270. The van der Waals surface area contributed by atoms with E-state index in [9.17, 15) is 9.59 Å². The summed E-state index contributed by atoms with van der Waals surface area (Å²) in [6.07, 6.45) is 1.74. The number of ketones is 1. The van der Waals surface area contributed by atoms with Crippen LogP contribution in [0.1, 0.15) is 29.3 Å². The van der Waals surface area contributed by atoms with E-state index in [1.165, 1.54) is 6.92 Å². The Morgan fingerprint density at radius 2 is 2.00 bits per heavy atom. The van der Waals surface area contributed by atoms with Crippen molar-refractivity contribution in [2.24, 2.45) is 0 Å². The van der Waals surface area contributed by atoms with E-state index < -0.39 is 0 Å². The van der Waals surface area contributed by atoms with E-state index in [2.05, 4.69) is 26.5 Å². The highest BCUT2D eigenvalue weighted by Crippen LogP contribution is 2.28. The monoisotopic (exact) mass is 261 g/mol. The quantitative estimate of drug-likeness (QED) is 0.826. The maximum atomic E-state index is 12.5. The van der Waals surface area contributed by atoms with Gasteiger partial charge in [-0.1, -0.05) is 0 Å². The molecule has 1 amide bonds. The van der Waals surface area contributed by atoms with Crippen molar-refractivity contribution < 1.29 is 14.1 Å². The maximum absolute atomic E-state index is 12.5. The first-order valence-electron chi connectivity index (χ1n) is 6.55. The summed E-state index contributed by atoms with van der Waals surface area (Å²) in [5.74, 6) is 0.120. The average molecular weight is 261 g/mol. The zero-order valence-electron chi connectivity index (χ0n) is 12.0. The molecule has 1 aromatic carbocycles. The van der Waals surface area contributed by atoms with Crippen LogP contribution in [0.5, 0.6) is 0 Å². The summed E-state index contributed by atoms with van der Waals surface area (Å²) in [7, 11) is 6.16. The first-order valence-corrected chi connectivity index (χ1v) is 6.55. The van der Waals surface area contributed by atoms with Gasteiger partial charge in [0.15, 0.2) is 6.04 Å². The van der Waals surface area contributed by atoms with E-state index >= 15 is 0 Å². The molecule has 1 aliphatic rings. The highest BCUT2D eigenvalue weighted by atomic mass is 16.1. The van der Waals surface area contributed by atoms with Crippen molar-refractivity contribution >= 4 is 17.4 Å². The molecule has 19 heavy (non-hydrogen) atoms. The van der Waals surface area contributed by atoms with Gasteiger partial charge in [-0.05, 0) is 30.2 Å². The molecule has 1 aromatic rings. The number of Topliss-reactive ketones (excluding diaryl/α,β-unsaturated/α-hetero) is 1. The van der Waals surface area contributed by atoms with Crippen LogP contribution in [0.25, 0.3) is 0 Å². The van der Waals surface area contributed by atoms with Gasteiger partial charge in [-0.15, -0.1) is 0 Å². The average Bonchev–Trinajstić information content (AvgIpc) is 2.26. The SMILES string of the molecule is CC(=O)Nc1ccc2c(c1)CCC([N+](C)(C)C)C2=O. The van der Waals surface area contributed by atoms with Crippen molar-refractivity contribution in [1.29, 1.82) is 0 Å². The maximum Gasteiger partial charge on any atom is 0.221 e. The third-order valence-electron chi connectivity index (χ3n) is 3.62. The van der Waals surface area contributed by atoms with Crippen molar-refractivity contribution in [3.8, 4) is 0 Å². The molecule has 0 bridgehead atoms. The molecule has 0 saturated heterocycles. The van der Waals surface area contributed by atoms with Crippen LogP contribution in [0.15, 0.2) is 18.2 Å². The summed E-state index contributed by atoms with van der Waals surface area (Å²) >= 11 is 0. The van der Waals surface area contributed by atoms with Gasteiger partial charge in [0, 0.05) is 24.6 Å². The minimum Gasteiger partial charge on any atom is -0.326 e. The largest absolute Gasteiger partial charge is 0.326 e. The van der Waals surface area contributed by atoms with Crippen LogP contribution in [0.3, 0.4) is 0 Å². The summed E-state index contributed by atoms with van der Waals surface area (Å²) in [5.41, 5.74) is 2.61. The van der Waals surface area contributed by atoms with Crippen LogP contribution in [-0.2, 0) is 11.2 Å². The third kappa shape index (κ3) is 2.84. The Labute approximate surface area is 114 Å². The van der Waals surface area contributed by atoms with Gasteiger partial charge in [-0.3, -0.25) is 9.59 Å². The van der Waals surface area contributed by atoms with Crippen LogP contribution in [-0.4, -0.2) is 43.4 Å². The summed E-state index contributed by atoms with van der Waals surface area (Å²) < 4.78 is 0.658. The molecule has 0 aliphatic heterocycles. The first-order chi connectivity index (χ1) is 8.79. The van der Waals surface area contributed by atoms with E-state index in [4.69, 9.17) is 0 Å². The number of quaternary nitrogens is 1. The smallest absolute Gasteiger partial charge is 0.221 e. The number of aryl methyl sites for hydroxylation is 1. The van der Waals surface area contributed by atoms with Crippen molar-refractivity contribution in [2.45, 2.75) is 25.8 Å². The third-order valence-corrected chi connectivity index (χ3v) is 3.62. The summed E-state index contributed by atoms with van der Waals surface area (Å²) in [6.45, 7) is 1.48. The molecule has 4 nitrogen and oxygen atoms in total. The summed E-state index contributed by atoms with van der Waals surface area (Å²) in [6, 6.07) is 5.58. The highest BCUT2D eigenvalue weighted by molar-refractivity contribution is 6.02. The molecule has 1 atom stereocenters. The summed E-state index contributed by atoms with van der Waals surface area (Å²) in [5, 5.41) is 2.76. The summed E-state index contributed by atoms with van der Waals surface area (Å²) in [4.78, 5) is 23.5. The Bertz CT molecular complexity index is 529. The number of fused-ring (bicyclic) bond motifs is 1. The Kier molecular flexibility index (Phi) is 3.45. The molecule has 102 valence electrons. The number of nitrogens with one attached hydrogen (secondary N) is 1. The van der Waals surface area contributed by atoms with Gasteiger partial charge < -0.3 is 9.80 Å². The molecule has 0 radical (unpaired) electrons. The number of likely N-dealkylation sites (N-methyl/N-ethyl adjacent to an activating group) is 1. The number of hydrogen-bond acceptors (Lipinski definition) is 2. The van der Waals surface area contributed by atoms with Crippen LogP contribution < -0.4 is 5.32 Å². The zero-order valence-corrected chi connectivity index (χ0v) is 12.0. The predicted octanol–water partition coefficient (Wildman–Crippen LogP) is 1.85. The second-order valence-electron chi connectivity index (χ2n) is 6.09. The normalized spacial score (nSPS) is 18.9. The minimum atomic E-state index is -0.0914. The number of nitrogens with zero attached hydrogens (tertiary/aromatic N) is 1. The number of rotatable bonds is 2. The van der Waals surface area contributed by atoms with Crippen LogP contribution in [0.2, 0.25) is 0 Å². The number of amides is 1. The fraction of sp³-hybridized carbons (Fsp3) is 0.467. The van der Waals surface area contributed by atoms with E-state index in [-0.39, 0.29) is 17.7 Å². The fourth-order valence-corrected chi connectivity index (χ4v) is 2.66. The van der Waals surface area contributed by atoms with Crippen molar-refractivity contribution in [3.63, 3.8) is 0 Å². The lowest BCUT2D eigenvalue weighted by Crippen LogP contribution is -2.51. The Morgan fingerprint density at radius 1 is 1.32 bits per heavy atom. The number of benzene rings is 1. The lowest BCUT2D eigenvalue weighted by Gasteiger charge is -2.36. The number of carbonyl (C=O) groups excluding carboxylic acids is 2. The Hall–Kier alpha value is -1.68. The molecule has 0 heterocycles. The molecule has 1 aliphatic carbocycles. The van der Waals surface area contributed by atoms with Gasteiger partial charge in [0.25, 0.3) is 0 Å². The van der Waals surface area contributed by atoms with E-state index in [0.29, 0.717) is 4.48 Å². The lowest BCUT2D eigenvalue weighted by atomic mass is 9.85. The number of hydrogen-bond donors (Lipinski definition) is 1. The van der Waals surface area contributed by atoms with Gasteiger partial charge in [-0.2, -0.15) is 0 Å². The van der Waals surface area contributed by atoms with Gasteiger partial charge in [0.2, 0.25) is 11.7 Å². The van der Waals surface area contributed by atoms with Crippen molar-refractivity contribution in [1.82, 2.24) is 0 Å². The van der Waals surface area contributed by atoms with Gasteiger partial charge in [-0.25, -0.2) is 0 Å². The van der Waals surface area contributed by atoms with E-state index in [0.717, 1.165) is 29.7 Å². The molecule has 2 rings (SSSR count). The fourth-order valence-electron chi connectivity index (χ4n) is 2.66. The van der Waals surface area contributed by atoms with Crippen LogP contribution in [0, 0.1) is 0 Å². The lowest BCUT2D eigenvalue weighted by molar-refractivity contribution is -0.886. The Balaban J connectivity index is 2.31. The molecule has 0 spiro atoms. The second-order valence-corrected chi connectivity index (χ2v) is 6.09. The number of anilines is 1. The van der Waals surface area contributed by atoms with Gasteiger partial charge >= 0.3 is 0 Å². The van der Waals surface area contributed by atoms with Gasteiger partial charge in [0.05, 0.1) is 21.1 Å². The standard InChI is InChI=1S/C15H20N2O2/c1-10(18)16-12-6-7-13-11(9-12)5-8-14(15(13)19)17(2,3)4/h6-7,9,14H,5,8H2,1-4H3/p+1. The molecular weight excluding hydrogens is 240 g/mol. The molecular formula is C15H21N2O2+. The molecule has 0 fully saturated rings. The number of carbonyl (C=O) groups is 2.